The summed E-state index contributed by atoms with van der Waals surface area (Å²) >= 11 is 1.47. The molecule has 0 amide bonds. The lowest BCUT2D eigenvalue weighted by Gasteiger charge is -2.15. The van der Waals surface area contributed by atoms with E-state index in [1.165, 1.54) is 65.4 Å². The predicted octanol–water partition coefficient (Wildman–Crippen LogP) is 4.07. The largest absolute Gasteiger partial charge is 0.324 e. The summed E-state index contributed by atoms with van der Waals surface area (Å²) in [5.41, 5.74) is 7.29. The lowest BCUT2D eigenvalue weighted by molar-refractivity contribution is 0.898. The van der Waals surface area contributed by atoms with Crippen molar-refractivity contribution in [3.05, 3.63) is 52.7 Å². The van der Waals surface area contributed by atoms with Crippen LogP contribution in [0.1, 0.15) is 35.1 Å². The molecule has 2 heterocycles. The summed E-state index contributed by atoms with van der Waals surface area (Å²) in [7, 11) is 0. The molecule has 0 bridgehead atoms. The van der Waals surface area contributed by atoms with Crippen LogP contribution in [0.5, 0.6) is 0 Å². The van der Waals surface area contributed by atoms with Crippen LogP contribution in [0.25, 0.3) is 0 Å². The Morgan fingerprint density at radius 1 is 1.00 bits per heavy atom. The van der Waals surface area contributed by atoms with E-state index < -0.39 is 0 Å². The Labute approximate surface area is 150 Å². The Bertz CT molecular complexity index is 887. The molecule has 5 nitrogen and oxygen atoms in total. The van der Waals surface area contributed by atoms with E-state index in [2.05, 4.69) is 31.5 Å². The van der Waals surface area contributed by atoms with Crippen LogP contribution in [-0.2, 0) is 25.7 Å². The highest BCUT2D eigenvalue weighted by Crippen LogP contribution is 2.39. The van der Waals surface area contributed by atoms with Crippen LogP contribution in [0.2, 0.25) is 0 Å². The summed E-state index contributed by atoms with van der Waals surface area (Å²) in [5.74, 6) is 0.716. The quantitative estimate of drug-likeness (QED) is 0.743. The van der Waals surface area contributed by atoms with E-state index >= 15 is 0 Å². The molecule has 1 aromatic carbocycles. The third-order valence-electron chi connectivity index (χ3n) is 5.01. The number of nitrogens with one attached hydrogen (secondary N) is 2. The smallest absolute Gasteiger partial charge is 0.224 e. The summed E-state index contributed by atoms with van der Waals surface area (Å²) in [5, 5.41) is 12.5. The molecule has 0 unspecified atom stereocenters. The number of pyridine rings is 1. The molecular weight excluding hydrogens is 330 g/mol. The number of aromatic amines is 1. The first-order valence-electron chi connectivity index (χ1n) is 8.81. The molecule has 126 valence electrons. The molecule has 2 aliphatic carbocycles. The fourth-order valence-corrected chi connectivity index (χ4v) is 4.61. The molecule has 0 spiro atoms. The number of fused-ring (bicyclic) bond motifs is 2. The van der Waals surface area contributed by atoms with Crippen molar-refractivity contribution in [2.75, 3.05) is 5.32 Å². The maximum atomic E-state index is 4.60. The molecule has 6 heteroatoms. The first-order valence-corrected chi connectivity index (χ1v) is 9.63. The molecule has 2 aromatic heterocycles. The van der Waals surface area contributed by atoms with E-state index in [1.807, 2.05) is 18.2 Å². The molecule has 0 saturated carbocycles. The van der Waals surface area contributed by atoms with Gasteiger partial charge in [0.25, 0.3) is 0 Å². The molecule has 25 heavy (non-hydrogen) atoms. The zero-order valence-electron chi connectivity index (χ0n) is 13.9. The average Bonchev–Trinajstić information content (AvgIpc) is 3.36. The Balaban J connectivity index is 1.43. The zero-order chi connectivity index (χ0) is 16.6. The van der Waals surface area contributed by atoms with Gasteiger partial charge in [-0.3, -0.25) is 0 Å². The van der Waals surface area contributed by atoms with Crippen molar-refractivity contribution in [3.63, 3.8) is 0 Å². The van der Waals surface area contributed by atoms with Gasteiger partial charge in [0, 0.05) is 11.9 Å². The van der Waals surface area contributed by atoms with E-state index in [0.717, 1.165) is 17.9 Å². The highest BCUT2D eigenvalue weighted by atomic mass is 32.2. The lowest BCUT2D eigenvalue weighted by Crippen LogP contribution is -2.02. The van der Waals surface area contributed by atoms with Crippen molar-refractivity contribution >= 4 is 23.4 Å². The van der Waals surface area contributed by atoms with Crippen LogP contribution in [0, 0.1) is 0 Å². The van der Waals surface area contributed by atoms with Crippen LogP contribution in [0.3, 0.4) is 0 Å². The number of aromatic nitrogens is 4. The molecule has 0 saturated heterocycles. The van der Waals surface area contributed by atoms with Gasteiger partial charge >= 0.3 is 0 Å². The molecule has 3 aromatic rings. The van der Waals surface area contributed by atoms with Crippen LogP contribution < -0.4 is 5.32 Å². The first kappa shape index (κ1) is 15.0. The van der Waals surface area contributed by atoms with E-state index in [-0.39, 0.29) is 0 Å². The second-order valence-electron chi connectivity index (χ2n) is 6.60. The van der Waals surface area contributed by atoms with Crippen LogP contribution in [0.4, 0.5) is 11.6 Å². The van der Waals surface area contributed by atoms with Crippen LogP contribution in [-0.4, -0.2) is 20.2 Å². The van der Waals surface area contributed by atoms with Gasteiger partial charge in [0.1, 0.15) is 5.03 Å². The molecule has 0 atom stereocenters. The lowest BCUT2D eigenvalue weighted by atomic mass is 9.99. The molecule has 2 N–H and O–H groups in total. The van der Waals surface area contributed by atoms with Gasteiger partial charge in [-0.25, -0.2) is 10.1 Å². The highest BCUT2D eigenvalue weighted by molar-refractivity contribution is 7.99. The van der Waals surface area contributed by atoms with E-state index in [0.29, 0.717) is 11.1 Å². The van der Waals surface area contributed by atoms with Crippen molar-refractivity contribution in [2.24, 2.45) is 0 Å². The average molecular weight is 349 g/mol. The maximum Gasteiger partial charge on any atom is 0.224 e. The van der Waals surface area contributed by atoms with Gasteiger partial charge in [-0.2, -0.15) is 4.98 Å². The minimum absolute atomic E-state index is 0.686. The third kappa shape index (κ3) is 2.80. The van der Waals surface area contributed by atoms with E-state index in [1.54, 1.807) is 6.20 Å². The Kier molecular flexibility index (Phi) is 3.70. The monoisotopic (exact) mass is 349 g/mol. The SMILES string of the molecule is c1ccc(Sc2n[nH]c(Nc3c4c(cc5c3CCC5)CCC4)n2)nc1. The summed E-state index contributed by atoms with van der Waals surface area (Å²) < 4.78 is 0. The Hall–Kier alpha value is -2.34. The van der Waals surface area contributed by atoms with Gasteiger partial charge in [-0.1, -0.05) is 12.1 Å². The number of hydrogen-bond acceptors (Lipinski definition) is 5. The van der Waals surface area contributed by atoms with Crippen molar-refractivity contribution in [2.45, 2.75) is 48.7 Å². The van der Waals surface area contributed by atoms with Crippen molar-refractivity contribution in [1.29, 1.82) is 0 Å². The van der Waals surface area contributed by atoms with Gasteiger partial charge in [-0.05, 0) is 84.7 Å². The van der Waals surface area contributed by atoms with Crippen molar-refractivity contribution < 1.29 is 0 Å². The van der Waals surface area contributed by atoms with Gasteiger partial charge in [0.15, 0.2) is 0 Å². The number of rotatable bonds is 4. The number of hydrogen-bond donors (Lipinski definition) is 2. The standard InChI is InChI=1S/C19H19N5S/c1-2-10-20-16(9-1)25-19-22-18(23-24-19)21-17-14-7-3-5-12(14)11-13-6-4-8-15(13)17/h1-2,9-11H,3-8H2,(H2,21,22,23,24). The molecule has 0 radical (unpaired) electrons. The minimum Gasteiger partial charge on any atom is -0.324 e. The van der Waals surface area contributed by atoms with Gasteiger partial charge in [0.05, 0.1) is 0 Å². The molecular formula is C19H19N5S. The van der Waals surface area contributed by atoms with Crippen molar-refractivity contribution in [3.8, 4) is 0 Å². The number of aryl methyl sites for hydroxylation is 2. The normalized spacial score (nSPS) is 15.2. The fraction of sp³-hybridized carbons (Fsp3) is 0.316. The van der Waals surface area contributed by atoms with Gasteiger partial charge in [-0.15, -0.1) is 5.10 Å². The topological polar surface area (TPSA) is 66.5 Å². The Morgan fingerprint density at radius 2 is 1.80 bits per heavy atom. The summed E-state index contributed by atoms with van der Waals surface area (Å²) in [6.07, 6.45) is 9.02. The predicted molar refractivity (Wildman–Crippen MR) is 98.5 cm³/mol. The molecule has 0 fully saturated rings. The zero-order valence-corrected chi connectivity index (χ0v) is 14.7. The third-order valence-corrected chi connectivity index (χ3v) is 5.83. The van der Waals surface area contributed by atoms with E-state index in [4.69, 9.17) is 0 Å². The molecule has 2 aliphatic rings. The van der Waals surface area contributed by atoms with Crippen LogP contribution in [0.15, 0.2) is 40.6 Å². The highest BCUT2D eigenvalue weighted by Gasteiger charge is 2.24. The number of nitrogens with zero attached hydrogens (tertiary/aromatic N) is 3. The summed E-state index contributed by atoms with van der Waals surface area (Å²) in [6, 6.07) is 8.28. The summed E-state index contributed by atoms with van der Waals surface area (Å²) in [4.78, 5) is 8.91. The van der Waals surface area contributed by atoms with Crippen molar-refractivity contribution in [1.82, 2.24) is 20.2 Å². The van der Waals surface area contributed by atoms with Gasteiger partial charge in [0.2, 0.25) is 11.1 Å². The second kappa shape index (κ2) is 6.19. The number of H-pyrrole nitrogens is 1. The maximum absolute atomic E-state index is 4.60. The molecule has 5 rings (SSSR count). The fourth-order valence-electron chi connectivity index (χ4n) is 3.93. The first-order chi connectivity index (χ1) is 12.4. The number of anilines is 2. The van der Waals surface area contributed by atoms with Gasteiger partial charge < -0.3 is 5.32 Å². The second-order valence-corrected chi connectivity index (χ2v) is 7.58. The minimum atomic E-state index is 0.686. The number of benzene rings is 1. The molecule has 0 aliphatic heterocycles. The Morgan fingerprint density at radius 3 is 2.52 bits per heavy atom. The summed E-state index contributed by atoms with van der Waals surface area (Å²) in [6.45, 7) is 0. The van der Waals surface area contributed by atoms with Crippen LogP contribution >= 0.6 is 11.8 Å². The van der Waals surface area contributed by atoms with E-state index in [9.17, 15) is 0 Å².